The Labute approximate surface area is 167 Å². The standard InChI is InChI=1S/C21H20O8/c1-22-20-16-5-3-12(19(20)28-10-26-16)18-13-7-24-21(14(13)8-23-18)29-15-4-2-11-6-17(15)27-9-25-11/h2-6,13-14,18,21H,7-10H2,1H3. The van der Waals surface area contributed by atoms with Crippen molar-refractivity contribution in [1.29, 1.82) is 0 Å². The van der Waals surface area contributed by atoms with Gasteiger partial charge >= 0.3 is 0 Å². The maximum absolute atomic E-state index is 6.18. The molecular weight excluding hydrogens is 380 g/mol. The van der Waals surface area contributed by atoms with Gasteiger partial charge in [0.1, 0.15) is 5.75 Å². The van der Waals surface area contributed by atoms with E-state index >= 15 is 0 Å². The first kappa shape index (κ1) is 17.1. The molecule has 6 rings (SSSR count). The van der Waals surface area contributed by atoms with E-state index in [1.54, 1.807) is 7.11 Å². The van der Waals surface area contributed by atoms with E-state index in [1.807, 2.05) is 30.3 Å². The van der Waals surface area contributed by atoms with Crippen molar-refractivity contribution in [1.82, 2.24) is 0 Å². The van der Waals surface area contributed by atoms with Crippen LogP contribution >= 0.6 is 0 Å². The average Bonchev–Trinajstić information content (AvgIpc) is 3.33. The summed E-state index contributed by atoms with van der Waals surface area (Å²) in [5, 5.41) is 0. The van der Waals surface area contributed by atoms with Gasteiger partial charge in [-0.2, -0.15) is 0 Å². The highest BCUT2D eigenvalue weighted by molar-refractivity contribution is 5.57. The molecule has 4 atom stereocenters. The molecule has 4 unspecified atom stereocenters. The van der Waals surface area contributed by atoms with Crippen molar-refractivity contribution in [3.8, 4) is 34.5 Å². The van der Waals surface area contributed by atoms with Crippen LogP contribution in [0.25, 0.3) is 0 Å². The summed E-state index contributed by atoms with van der Waals surface area (Å²) in [7, 11) is 1.61. The van der Waals surface area contributed by atoms with Gasteiger partial charge in [-0.25, -0.2) is 0 Å². The van der Waals surface area contributed by atoms with Gasteiger partial charge in [0, 0.05) is 17.5 Å². The molecule has 0 spiro atoms. The highest BCUT2D eigenvalue weighted by Crippen LogP contribution is 2.52. The Morgan fingerprint density at radius 1 is 0.862 bits per heavy atom. The number of ether oxygens (including phenoxy) is 8. The minimum Gasteiger partial charge on any atom is -0.490 e. The molecule has 0 aliphatic carbocycles. The van der Waals surface area contributed by atoms with Crippen molar-refractivity contribution in [2.24, 2.45) is 11.8 Å². The summed E-state index contributed by atoms with van der Waals surface area (Å²) >= 11 is 0. The molecule has 2 aromatic rings. The van der Waals surface area contributed by atoms with Crippen molar-refractivity contribution in [3.05, 3.63) is 35.9 Å². The fourth-order valence-electron chi connectivity index (χ4n) is 4.42. The normalized spacial score (nSPS) is 28.4. The lowest BCUT2D eigenvalue weighted by atomic mass is 9.89. The number of fused-ring (bicyclic) bond motifs is 5. The van der Waals surface area contributed by atoms with Crippen LogP contribution in [0, 0.1) is 11.8 Å². The summed E-state index contributed by atoms with van der Waals surface area (Å²) in [6, 6.07) is 9.39. The molecule has 2 saturated heterocycles. The van der Waals surface area contributed by atoms with Crippen LogP contribution in [0.2, 0.25) is 0 Å². The van der Waals surface area contributed by atoms with Gasteiger partial charge in [-0.15, -0.1) is 0 Å². The van der Waals surface area contributed by atoms with Crippen LogP contribution in [0.15, 0.2) is 30.3 Å². The van der Waals surface area contributed by atoms with E-state index in [9.17, 15) is 0 Å². The molecular formula is C21H20O8. The predicted molar refractivity (Wildman–Crippen MR) is 97.7 cm³/mol. The van der Waals surface area contributed by atoms with E-state index in [1.165, 1.54) is 0 Å². The molecule has 4 aliphatic rings. The molecule has 2 aromatic carbocycles. The lowest BCUT2D eigenvalue weighted by Gasteiger charge is -2.26. The van der Waals surface area contributed by atoms with Gasteiger partial charge in [0.2, 0.25) is 25.6 Å². The highest BCUT2D eigenvalue weighted by atomic mass is 16.7. The van der Waals surface area contributed by atoms with Gasteiger partial charge in [0.15, 0.2) is 23.0 Å². The first-order valence-electron chi connectivity index (χ1n) is 9.58. The summed E-state index contributed by atoms with van der Waals surface area (Å²) in [5.74, 6) is 4.29. The Morgan fingerprint density at radius 3 is 2.66 bits per heavy atom. The monoisotopic (exact) mass is 400 g/mol. The third kappa shape index (κ3) is 2.67. The maximum Gasteiger partial charge on any atom is 0.231 e. The van der Waals surface area contributed by atoms with E-state index in [2.05, 4.69) is 0 Å². The summed E-state index contributed by atoms with van der Waals surface area (Å²) in [4.78, 5) is 0. The Bertz CT molecular complexity index is 945. The van der Waals surface area contributed by atoms with Gasteiger partial charge in [-0.1, -0.05) is 0 Å². The third-order valence-electron chi connectivity index (χ3n) is 5.84. The first-order chi connectivity index (χ1) is 14.3. The van der Waals surface area contributed by atoms with Crippen LogP contribution in [-0.4, -0.2) is 40.2 Å². The maximum atomic E-state index is 6.18. The molecule has 8 nitrogen and oxygen atoms in total. The van der Waals surface area contributed by atoms with Crippen LogP contribution in [0.3, 0.4) is 0 Å². The average molecular weight is 400 g/mol. The molecule has 0 N–H and O–H groups in total. The van der Waals surface area contributed by atoms with E-state index in [-0.39, 0.29) is 31.5 Å². The van der Waals surface area contributed by atoms with Crippen molar-refractivity contribution in [2.45, 2.75) is 12.4 Å². The Balaban J connectivity index is 1.24. The summed E-state index contributed by atoms with van der Waals surface area (Å²) in [6.07, 6.45) is -0.560. The molecule has 2 fully saturated rings. The Kier molecular flexibility index (Phi) is 3.88. The Morgan fingerprint density at radius 2 is 1.72 bits per heavy atom. The van der Waals surface area contributed by atoms with Gasteiger partial charge in [0.05, 0.1) is 32.3 Å². The molecule has 29 heavy (non-hydrogen) atoms. The SMILES string of the molecule is COc1c2ccc(C3OCC4C(Oc5ccc6cc5OCO6)OCC34)c1OCO2. The van der Waals surface area contributed by atoms with E-state index < -0.39 is 6.29 Å². The quantitative estimate of drug-likeness (QED) is 0.776. The van der Waals surface area contributed by atoms with Gasteiger partial charge in [-0.05, 0) is 24.3 Å². The van der Waals surface area contributed by atoms with E-state index in [0.717, 1.165) is 11.3 Å². The summed E-state index contributed by atoms with van der Waals surface area (Å²) < 4.78 is 45.9. The number of hydrogen-bond donors (Lipinski definition) is 0. The topological polar surface area (TPSA) is 73.8 Å². The second kappa shape index (κ2) is 6.60. The fourth-order valence-corrected chi connectivity index (χ4v) is 4.42. The molecule has 4 bridgehead atoms. The van der Waals surface area contributed by atoms with Crippen molar-refractivity contribution in [3.63, 3.8) is 0 Å². The van der Waals surface area contributed by atoms with Gasteiger partial charge in [-0.3, -0.25) is 0 Å². The number of methoxy groups -OCH3 is 1. The molecule has 8 heteroatoms. The molecule has 4 aliphatic heterocycles. The number of rotatable bonds is 4. The van der Waals surface area contributed by atoms with Crippen LogP contribution in [0.1, 0.15) is 11.7 Å². The van der Waals surface area contributed by atoms with Crippen LogP contribution < -0.4 is 28.4 Å². The molecule has 152 valence electrons. The predicted octanol–water partition coefficient (Wildman–Crippen LogP) is 2.89. The zero-order chi connectivity index (χ0) is 19.4. The van der Waals surface area contributed by atoms with Crippen LogP contribution in [0.4, 0.5) is 0 Å². The second-order valence-corrected chi connectivity index (χ2v) is 7.34. The minimum atomic E-state index is -0.402. The van der Waals surface area contributed by atoms with Crippen molar-refractivity contribution < 1.29 is 37.9 Å². The largest absolute Gasteiger partial charge is 0.490 e. The highest BCUT2D eigenvalue weighted by Gasteiger charge is 2.50. The lowest BCUT2D eigenvalue weighted by Crippen LogP contribution is -2.26. The minimum absolute atomic E-state index is 0.101. The van der Waals surface area contributed by atoms with Gasteiger partial charge in [0.25, 0.3) is 0 Å². The van der Waals surface area contributed by atoms with Gasteiger partial charge < -0.3 is 37.9 Å². The molecule has 0 radical (unpaired) electrons. The zero-order valence-electron chi connectivity index (χ0n) is 15.8. The smallest absolute Gasteiger partial charge is 0.231 e. The first-order valence-corrected chi connectivity index (χ1v) is 9.58. The van der Waals surface area contributed by atoms with E-state index in [4.69, 9.17) is 37.9 Å². The third-order valence-corrected chi connectivity index (χ3v) is 5.84. The van der Waals surface area contributed by atoms with E-state index in [0.29, 0.717) is 42.0 Å². The fraction of sp³-hybridized carbons (Fsp3) is 0.429. The van der Waals surface area contributed by atoms with Crippen LogP contribution in [-0.2, 0) is 9.47 Å². The lowest BCUT2D eigenvalue weighted by molar-refractivity contribution is -0.0808. The van der Waals surface area contributed by atoms with Crippen molar-refractivity contribution >= 4 is 0 Å². The Hall–Kier alpha value is -2.84. The zero-order valence-corrected chi connectivity index (χ0v) is 15.8. The molecule has 0 saturated carbocycles. The van der Waals surface area contributed by atoms with Crippen LogP contribution in [0.5, 0.6) is 34.5 Å². The second-order valence-electron chi connectivity index (χ2n) is 7.34. The molecule has 4 heterocycles. The number of hydrogen-bond acceptors (Lipinski definition) is 8. The summed E-state index contributed by atoms with van der Waals surface area (Å²) in [6.45, 7) is 1.43. The molecule has 0 amide bonds. The van der Waals surface area contributed by atoms with Crippen molar-refractivity contribution in [2.75, 3.05) is 33.9 Å². The molecule has 0 aromatic heterocycles. The number of benzene rings is 2. The summed E-state index contributed by atoms with van der Waals surface area (Å²) in [5.41, 5.74) is 0.950.